The lowest BCUT2D eigenvalue weighted by Crippen LogP contribution is -2.08. The fraction of sp³-hybridized carbons (Fsp3) is 0.0909. The highest BCUT2D eigenvalue weighted by molar-refractivity contribution is 9.10. The third-order valence-electron chi connectivity index (χ3n) is 2.00. The summed E-state index contributed by atoms with van der Waals surface area (Å²) >= 11 is 3.36. The summed E-state index contributed by atoms with van der Waals surface area (Å²) in [4.78, 5) is 18.1. The maximum atomic E-state index is 11.2. The smallest absolute Gasteiger partial charge is 0.251 e. The quantitative estimate of drug-likeness (QED) is 0.861. The van der Waals surface area contributed by atoms with Crippen molar-refractivity contribution in [2.45, 2.75) is 6.92 Å². The summed E-state index contributed by atoms with van der Waals surface area (Å²) in [5.41, 5.74) is 1.51. The Balaban J connectivity index is 2.54. The van der Waals surface area contributed by atoms with Gasteiger partial charge in [0.15, 0.2) is 0 Å². The second kappa shape index (κ2) is 3.98. The van der Waals surface area contributed by atoms with Crippen LogP contribution in [0.1, 0.15) is 5.82 Å². The molecule has 4 heteroatoms. The Hall–Kier alpha value is -1.42. The summed E-state index contributed by atoms with van der Waals surface area (Å²) in [6.07, 6.45) is 0. The van der Waals surface area contributed by atoms with Gasteiger partial charge >= 0.3 is 0 Å². The minimum Gasteiger partial charge on any atom is -0.311 e. The van der Waals surface area contributed by atoms with Gasteiger partial charge in [-0.15, -0.1) is 0 Å². The Bertz CT molecular complexity index is 531. The first-order valence-electron chi connectivity index (χ1n) is 4.49. The molecule has 0 aliphatic carbocycles. The van der Waals surface area contributed by atoms with E-state index in [0.29, 0.717) is 11.5 Å². The number of aromatic amines is 1. The molecule has 15 heavy (non-hydrogen) atoms. The van der Waals surface area contributed by atoms with Gasteiger partial charge in [0.2, 0.25) is 0 Å². The fourth-order valence-corrected chi connectivity index (χ4v) is 1.61. The number of aryl methyl sites for hydroxylation is 1. The molecule has 1 N–H and O–H groups in total. The Kier molecular flexibility index (Phi) is 2.68. The van der Waals surface area contributed by atoms with Crippen LogP contribution in [0.5, 0.6) is 0 Å². The van der Waals surface area contributed by atoms with Gasteiger partial charge in [0.05, 0.1) is 5.69 Å². The Labute approximate surface area is 95.3 Å². The van der Waals surface area contributed by atoms with E-state index in [-0.39, 0.29) is 5.56 Å². The van der Waals surface area contributed by atoms with E-state index in [1.165, 1.54) is 6.07 Å². The monoisotopic (exact) mass is 264 g/mol. The molecule has 1 heterocycles. The van der Waals surface area contributed by atoms with E-state index in [2.05, 4.69) is 25.9 Å². The number of H-pyrrole nitrogens is 1. The minimum atomic E-state index is -0.125. The van der Waals surface area contributed by atoms with Crippen LogP contribution in [0.4, 0.5) is 0 Å². The first-order valence-corrected chi connectivity index (χ1v) is 5.28. The van der Waals surface area contributed by atoms with E-state index >= 15 is 0 Å². The predicted octanol–water partition coefficient (Wildman–Crippen LogP) is 2.51. The number of halogens is 1. The van der Waals surface area contributed by atoms with Crippen LogP contribution in [0.15, 0.2) is 39.6 Å². The lowest BCUT2D eigenvalue weighted by Gasteiger charge is -2.01. The van der Waals surface area contributed by atoms with Crippen molar-refractivity contribution in [1.82, 2.24) is 9.97 Å². The molecule has 0 bridgehead atoms. The van der Waals surface area contributed by atoms with Crippen molar-refractivity contribution in [2.24, 2.45) is 0 Å². The van der Waals surface area contributed by atoms with Gasteiger partial charge in [0.25, 0.3) is 5.56 Å². The van der Waals surface area contributed by atoms with E-state index in [9.17, 15) is 4.79 Å². The van der Waals surface area contributed by atoms with E-state index in [4.69, 9.17) is 0 Å². The molecule has 1 aromatic heterocycles. The molecule has 0 saturated heterocycles. The summed E-state index contributed by atoms with van der Waals surface area (Å²) in [6.45, 7) is 1.77. The summed E-state index contributed by atoms with van der Waals surface area (Å²) < 4.78 is 1.01. The highest BCUT2D eigenvalue weighted by atomic mass is 79.9. The number of nitrogens with one attached hydrogen (secondary N) is 1. The van der Waals surface area contributed by atoms with Crippen LogP contribution in [0, 0.1) is 6.92 Å². The first kappa shape index (κ1) is 10.1. The topological polar surface area (TPSA) is 45.8 Å². The zero-order chi connectivity index (χ0) is 10.8. The summed E-state index contributed by atoms with van der Waals surface area (Å²) in [5.74, 6) is 0.625. The molecule has 2 rings (SSSR count). The van der Waals surface area contributed by atoms with Gasteiger partial charge in [0, 0.05) is 16.1 Å². The Morgan fingerprint density at radius 3 is 2.53 bits per heavy atom. The van der Waals surface area contributed by atoms with Gasteiger partial charge in [-0.3, -0.25) is 4.79 Å². The third kappa shape index (κ3) is 2.33. The molecule has 3 nitrogen and oxygen atoms in total. The molecule has 76 valence electrons. The molecule has 0 radical (unpaired) electrons. The van der Waals surface area contributed by atoms with Crippen LogP contribution >= 0.6 is 15.9 Å². The van der Waals surface area contributed by atoms with Crippen molar-refractivity contribution in [3.8, 4) is 11.3 Å². The van der Waals surface area contributed by atoms with E-state index in [1.807, 2.05) is 24.3 Å². The molecular formula is C11H9BrN2O. The highest BCUT2D eigenvalue weighted by Crippen LogP contribution is 2.18. The van der Waals surface area contributed by atoms with Crippen molar-refractivity contribution < 1.29 is 0 Å². The molecular weight excluding hydrogens is 256 g/mol. The second-order valence-electron chi connectivity index (χ2n) is 3.22. The third-order valence-corrected chi connectivity index (χ3v) is 2.53. The highest BCUT2D eigenvalue weighted by Gasteiger charge is 2.01. The lowest BCUT2D eigenvalue weighted by atomic mass is 10.1. The molecule has 0 spiro atoms. The molecule has 0 fully saturated rings. The van der Waals surface area contributed by atoms with Crippen LogP contribution in [-0.4, -0.2) is 9.97 Å². The Morgan fingerprint density at radius 1 is 1.27 bits per heavy atom. The Morgan fingerprint density at radius 2 is 1.93 bits per heavy atom. The zero-order valence-corrected chi connectivity index (χ0v) is 9.71. The summed E-state index contributed by atoms with van der Waals surface area (Å²) in [5, 5.41) is 0. The largest absolute Gasteiger partial charge is 0.311 e. The first-order chi connectivity index (χ1) is 7.15. The summed E-state index contributed by atoms with van der Waals surface area (Å²) in [7, 11) is 0. The van der Waals surface area contributed by atoms with Gasteiger partial charge in [-0.25, -0.2) is 4.98 Å². The van der Waals surface area contributed by atoms with E-state index in [1.54, 1.807) is 6.92 Å². The standard InChI is InChI=1S/C11H9BrN2O/c1-7-13-10(6-11(15)14-7)8-2-4-9(12)5-3-8/h2-6H,1H3,(H,13,14,15). The van der Waals surface area contributed by atoms with Crippen LogP contribution in [0.3, 0.4) is 0 Å². The fourth-order valence-electron chi connectivity index (χ4n) is 1.35. The maximum absolute atomic E-state index is 11.2. The van der Waals surface area contributed by atoms with Crippen LogP contribution < -0.4 is 5.56 Å². The molecule has 2 aromatic rings. The second-order valence-corrected chi connectivity index (χ2v) is 4.14. The maximum Gasteiger partial charge on any atom is 0.251 e. The van der Waals surface area contributed by atoms with Crippen molar-refractivity contribution in [3.05, 3.63) is 51.0 Å². The van der Waals surface area contributed by atoms with Gasteiger partial charge in [-0.2, -0.15) is 0 Å². The summed E-state index contributed by atoms with van der Waals surface area (Å²) in [6, 6.07) is 9.19. The lowest BCUT2D eigenvalue weighted by molar-refractivity contribution is 1.02. The van der Waals surface area contributed by atoms with Crippen molar-refractivity contribution >= 4 is 15.9 Å². The average Bonchev–Trinajstić information content (AvgIpc) is 2.17. The molecule has 0 aliphatic heterocycles. The molecule has 1 aromatic carbocycles. The molecule has 0 saturated carbocycles. The zero-order valence-electron chi connectivity index (χ0n) is 8.12. The molecule has 0 amide bonds. The number of hydrogen-bond donors (Lipinski definition) is 1. The number of benzene rings is 1. The number of rotatable bonds is 1. The molecule has 0 atom stereocenters. The van der Waals surface area contributed by atoms with Gasteiger partial charge in [-0.1, -0.05) is 28.1 Å². The predicted molar refractivity (Wildman–Crippen MR) is 62.7 cm³/mol. The van der Waals surface area contributed by atoms with Crippen molar-refractivity contribution in [1.29, 1.82) is 0 Å². The van der Waals surface area contributed by atoms with Gasteiger partial charge < -0.3 is 4.98 Å². The van der Waals surface area contributed by atoms with Gasteiger partial charge in [0.1, 0.15) is 5.82 Å². The van der Waals surface area contributed by atoms with Crippen LogP contribution in [-0.2, 0) is 0 Å². The van der Waals surface area contributed by atoms with Crippen LogP contribution in [0.25, 0.3) is 11.3 Å². The number of hydrogen-bond acceptors (Lipinski definition) is 2. The SMILES string of the molecule is Cc1nc(-c2ccc(Br)cc2)cc(=O)[nH]1. The molecule has 0 aliphatic rings. The average molecular weight is 265 g/mol. The van der Waals surface area contributed by atoms with Gasteiger partial charge in [-0.05, 0) is 19.1 Å². The molecule has 0 unspecified atom stereocenters. The van der Waals surface area contributed by atoms with Crippen molar-refractivity contribution in [2.75, 3.05) is 0 Å². The number of aromatic nitrogens is 2. The van der Waals surface area contributed by atoms with E-state index in [0.717, 1.165) is 10.0 Å². The van der Waals surface area contributed by atoms with Crippen molar-refractivity contribution in [3.63, 3.8) is 0 Å². The van der Waals surface area contributed by atoms with Crippen LogP contribution in [0.2, 0.25) is 0 Å². The van der Waals surface area contributed by atoms with E-state index < -0.39 is 0 Å². The minimum absolute atomic E-state index is 0.125. The number of nitrogens with zero attached hydrogens (tertiary/aromatic N) is 1. The normalized spacial score (nSPS) is 10.3.